The van der Waals surface area contributed by atoms with Crippen molar-refractivity contribution in [3.63, 3.8) is 0 Å². The van der Waals surface area contributed by atoms with E-state index < -0.39 is 0 Å². The van der Waals surface area contributed by atoms with Gasteiger partial charge in [-0.3, -0.25) is 9.48 Å². The highest BCUT2D eigenvalue weighted by Crippen LogP contribution is 2.24. The fraction of sp³-hybridized carbons (Fsp3) is 0.300. The summed E-state index contributed by atoms with van der Waals surface area (Å²) in [6, 6.07) is 10.4. The summed E-state index contributed by atoms with van der Waals surface area (Å²) in [5.74, 6) is 1.07. The van der Waals surface area contributed by atoms with Crippen LogP contribution in [0.5, 0.6) is 5.75 Å². The first-order valence-electron chi connectivity index (χ1n) is 8.78. The van der Waals surface area contributed by atoms with Gasteiger partial charge in [-0.1, -0.05) is 23.7 Å². The van der Waals surface area contributed by atoms with E-state index in [1.165, 1.54) is 0 Å². The van der Waals surface area contributed by atoms with Crippen LogP contribution in [0, 0.1) is 6.92 Å². The van der Waals surface area contributed by atoms with E-state index in [9.17, 15) is 4.79 Å². The first-order valence-corrected chi connectivity index (χ1v) is 9.16. The van der Waals surface area contributed by atoms with Crippen LogP contribution < -0.4 is 10.1 Å². The Morgan fingerprint density at radius 1 is 1.33 bits per heavy atom. The second kappa shape index (κ2) is 8.31. The number of hydrogen-bond donors (Lipinski definition) is 1. The van der Waals surface area contributed by atoms with Crippen LogP contribution in [0.15, 0.2) is 47.0 Å². The molecule has 0 fully saturated rings. The van der Waals surface area contributed by atoms with Crippen molar-refractivity contribution in [2.75, 3.05) is 0 Å². The predicted octanol–water partition coefficient (Wildman–Crippen LogP) is 4.53. The lowest BCUT2D eigenvalue weighted by atomic mass is 10.1. The maximum atomic E-state index is 12.5. The molecule has 0 aliphatic rings. The minimum atomic E-state index is -0.282. The molecule has 0 aliphatic carbocycles. The fourth-order valence-electron chi connectivity index (χ4n) is 2.75. The molecule has 3 rings (SSSR count). The van der Waals surface area contributed by atoms with E-state index in [4.69, 9.17) is 20.8 Å². The third kappa shape index (κ3) is 4.52. The number of aryl methyl sites for hydroxylation is 2. The molecule has 2 aromatic heterocycles. The zero-order valence-electron chi connectivity index (χ0n) is 15.5. The molecule has 1 atom stereocenters. The third-order valence-electron chi connectivity index (χ3n) is 4.21. The molecule has 0 aliphatic heterocycles. The Kier molecular flexibility index (Phi) is 5.86. The second-order valence-electron chi connectivity index (χ2n) is 6.21. The summed E-state index contributed by atoms with van der Waals surface area (Å²) in [5, 5.41) is 7.87. The SMILES string of the molecule is CCn1cc(C(C)NC(=O)c2ccc(COc3ccccc3Cl)o2)c(C)n1. The number of benzene rings is 1. The van der Waals surface area contributed by atoms with Gasteiger partial charge in [0.15, 0.2) is 5.76 Å². The number of aromatic nitrogens is 2. The van der Waals surface area contributed by atoms with E-state index in [0.717, 1.165) is 17.8 Å². The van der Waals surface area contributed by atoms with Gasteiger partial charge in [0.05, 0.1) is 16.8 Å². The topological polar surface area (TPSA) is 69.3 Å². The summed E-state index contributed by atoms with van der Waals surface area (Å²) >= 11 is 6.06. The van der Waals surface area contributed by atoms with E-state index in [-0.39, 0.29) is 24.3 Å². The van der Waals surface area contributed by atoms with Crippen LogP contribution in [0.2, 0.25) is 5.02 Å². The van der Waals surface area contributed by atoms with E-state index in [0.29, 0.717) is 16.5 Å². The van der Waals surface area contributed by atoms with Crippen molar-refractivity contribution in [1.82, 2.24) is 15.1 Å². The van der Waals surface area contributed by atoms with E-state index in [2.05, 4.69) is 10.4 Å². The van der Waals surface area contributed by atoms with Gasteiger partial charge in [-0.15, -0.1) is 0 Å². The Morgan fingerprint density at radius 2 is 2.11 bits per heavy atom. The molecule has 0 spiro atoms. The molecule has 0 saturated carbocycles. The molecule has 1 aromatic carbocycles. The molecule has 3 aromatic rings. The monoisotopic (exact) mass is 387 g/mol. The van der Waals surface area contributed by atoms with Crippen LogP contribution in [-0.2, 0) is 13.2 Å². The Morgan fingerprint density at radius 3 is 2.81 bits per heavy atom. The summed E-state index contributed by atoms with van der Waals surface area (Å²) in [5.41, 5.74) is 1.89. The Hall–Kier alpha value is -2.73. The van der Waals surface area contributed by atoms with Gasteiger partial charge in [-0.2, -0.15) is 5.10 Å². The van der Waals surface area contributed by atoms with Crippen molar-refractivity contribution in [2.45, 2.75) is 40.0 Å². The molecule has 142 valence electrons. The van der Waals surface area contributed by atoms with Gasteiger partial charge in [0, 0.05) is 18.3 Å². The van der Waals surface area contributed by atoms with E-state index >= 15 is 0 Å². The maximum absolute atomic E-state index is 12.5. The number of ether oxygens (including phenoxy) is 1. The van der Waals surface area contributed by atoms with Gasteiger partial charge in [-0.25, -0.2) is 0 Å². The summed E-state index contributed by atoms with van der Waals surface area (Å²) < 4.78 is 13.1. The fourth-order valence-corrected chi connectivity index (χ4v) is 2.94. The summed E-state index contributed by atoms with van der Waals surface area (Å²) in [7, 11) is 0. The zero-order chi connectivity index (χ0) is 19.4. The molecule has 1 N–H and O–H groups in total. The molecule has 0 radical (unpaired) electrons. The summed E-state index contributed by atoms with van der Waals surface area (Å²) in [6.45, 7) is 6.85. The van der Waals surface area contributed by atoms with E-state index in [1.54, 1.807) is 24.3 Å². The number of furan rings is 1. The first-order chi connectivity index (χ1) is 13.0. The van der Waals surface area contributed by atoms with Gasteiger partial charge >= 0.3 is 0 Å². The Balaban J connectivity index is 1.61. The number of carbonyl (C=O) groups is 1. The van der Waals surface area contributed by atoms with Crippen molar-refractivity contribution in [2.24, 2.45) is 0 Å². The zero-order valence-corrected chi connectivity index (χ0v) is 16.3. The van der Waals surface area contributed by atoms with Crippen LogP contribution in [0.3, 0.4) is 0 Å². The van der Waals surface area contributed by atoms with Crippen molar-refractivity contribution < 1.29 is 13.9 Å². The molecule has 2 heterocycles. The van der Waals surface area contributed by atoms with Crippen LogP contribution in [0.1, 0.15) is 47.5 Å². The lowest BCUT2D eigenvalue weighted by molar-refractivity contribution is 0.0907. The third-order valence-corrected chi connectivity index (χ3v) is 4.53. The number of nitrogens with zero attached hydrogens (tertiary/aromatic N) is 2. The molecular formula is C20H22ClN3O3. The molecule has 0 bridgehead atoms. The lowest BCUT2D eigenvalue weighted by Crippen LogP contribution is -2.26. The maximum Gasteiger partial charge on any atom is 0.287 e. The highest BCUT2D eigenvalue weighted by molar-refractivity contribution is 6.32. The molecule has 0 saturated heterocycles. The van der Waals surface area contributed by atoms with Gasteiger partial charge in [0.2, 0.25) is 0 Å². The average Bonchev–Trinajstić information content (AvgIpc) is 3.27. The Labute approximate surface area is 163 Å². The normalized spacial score (nSPS) is 12.0. The standard InChI is InChI=1S/C20H22ClN3O3/c1-4-24-11-16(14(3)23-24)13(2)22-20(25)19-10-9-15(27-19)12-26-18-8-6-5-7-17(18)21/h5-11,13H,4,12H2,1-3H3,(H,22,25). The number of rotatable bonds is 7. The molecule has 1 amide bonds. The van der Waals surface area contributed by atoms with Gasteiger partial charge in [-0.05, 0) is 45.0 Å². The molecule has 7 heteroatoms. The highest BCUT2D eigenvalue weighted by atomic mass is 35.5. The quantitative estimate of drug-likeness (QED) is 0.646. The average molecular weight is 388 g/mol. The number of amides is 1. The van der Waals surface area contributed by atoms with Crippen molar-refractivity contribution in [3.05, 3.63) is 70.4 Å². The summed E-state index contributed by atoms with van der Waals surface area (Å²) in [4.78, 5) is 12.5. The number of carbonyl (C=O) groups excluding carboxylic acids is 1. The first kappa shape index (κ1) is 19.0. The van der Waals surface area contributed by atoms with E-state index in [1.807, 2.05) is 43.8 Å². The second-order valence-corrected chi connectivity index (χ2v) is 6.61. The number of nitrogens with one attached hydrogen (secondary N) is 1. The molecular weight excluding hydrogens is 366 g/mol. The van der Waals surface area contributed by atoms with Crippen LogP contribution in [0.25, 0.3) is 0 Å². The van der Waals surface area contributed by atoms with Gasteiger partial charge in [0.25, 0.3) is 5.91 Å². The largest absolute Gasteiger partial charge is 0.484 e. The van der Waals surface area contributed by atoms with Crippen molar-refractivity contribution in [3.8, 4) is 5.75 Å². The number of para-hydroxylation sites is 1. The van der Waals surface area contributed by atoms with Gasteiger partial charge < -0.3 is 14.5 Å². The molecule has 27 heavy (non-hydrogen) atoms. The van der Waals surface area contributed by atoms with Crippen molar-refractivity contribution >= 4 is 17.5 Å². The minimum absolute atomic E-state index is 0.175. The highest BCUT2D eigenvalue weighted by Gasteiger charge is 2.18. The number of halogens is 1. The van der Waals surface area contributed by atoms with Crippen LogP contribution in [0.4, 0.5) is 0 Å². The smallest absolute Gasteiger partial charge is 0.287 e. The van der Waals surface area contributed by atoms with Crippen LogP contribution in [-0.4, -0.2) is 15.7 Å². The Bertz CT molecular complexity index is 932. The minimum Gasteiger partial charge on any atom is -0.484 e. The lowest BCUT2D eigenvalue weighted by Gasteiger charge is -2.12. The summed E-state index contributed by atoms with van der Waals surface area (Å²) in [6.07, 6.45) is 1.95. The molecule has 1 unspecified atom stereocenters. The number of hydrogen-bond acceptors (Lipinski definition) is 4. The molecule has 6 nitrogen and oxygen atoms in total. The van der Waals surface area contributed by atoms with Crippen molar-refractivity contribution in [1.29, 1.82) is 0 Å². The predicted molar refractivity (Wildman–Crippen MR) is 103 cm³/mol. The van der Waals surface area contributed by atoms with Gasteiger partial charge in [0.1, 0.15) is 18.1 Å². The van der Waals surface area contributed by atoms with Crippen LogP contribution >= 0.6 is 11.6 Å².